The van der Waals surface area contributed by atoms with E-state index in [1.165, 1.54) is 6.92 Å². The standard InChI is InChI=1S/C18H17ClN2O2/c1-11-6-5-8-14-16(20-12(2)22)18(23)21(17(11)14)10-13-7-3-4-9-15(13)19/h3-9,16H,10H2,1-2H3,(H,20,22)/t16-/m0/s1. The Hall–Kier alpha value is -2.33. The summed E-state index contributed by atoms with van der Waals surface area (Å²) < 4.78 is 0. The van der Waals surface area contributed by atoms with E-state index in [1.54, 1.807) is 4.90 Å². The van der Waals surface area contributed by atoms with Gasteiger partial charge in [-0.1, -0.05) is 48.0 Å². The van der Waals surface area contributed by atoms with Gasteiger partial charge >= 0.3 is 0 Å². The van der Waals surface area contributed by atoms with Crippen LogP contribution in [0, 0.1) is 6.92 Å². The molecule has 0 spiro atoms. The van der Waals surface area contributed by atoms with E-state index in [1.807, 2.05) is 49.4 Å². The topological polar surface area (TPSA) is 49.4 Å². The van der Waals surface area contributed by atoms with E-state index in [0.717, 1.165) is 22.4 Å². The van der Waals surface area contributed by atoms with Crippen LogP contribution >= 0.6 is 11.6 Å². The number of anilines is 1. The zero-order valence-corrected chi connectivity index (χ0v) is 13.7. The molecule has 0 saturated carbocycles. The fourth-order valence-corrected chi connectivity index (χ4v) is 3.17. The highest BCUT2D eigenvalue weighted by molar-refractivity contribution is 6.31. The van der Waals surface area contributed by atoms with E-state index < -0.39 is 6.04 Å². The number of carbonyl (C=O) groups is 2. The molecule has 0 fully saturated rings. The van der Waals surface area contributed by atoms with Crippen molar-refractivity contribution in [2.75, 3.05) is 4.90 Å². The molecule has 5 heteroatoms. The highest BCUT2D eigenvalue weighted by Gasteiger charge is 2.38. The van der Waals surface area contributed by atoms with Gasteiger partial charge < -0.3 is 10.2 Å². The molecule has 1 atom stereocenters. The SMILES string of the molecule is CC(=O)N[C@@H]1C(=O)N(Cc2ccccc2Cl)c2c(C)cccc21. The minimum Gasteiger partial charge on any atom is -0.341 e. The average Bonchev–Trinajstić information content (AvgIpc) is 2.76. The Morgan fingerprint density at radius 1 is 1.22 bits per heavy atom. The zero-order chi connectivity index (χ0) is 16.6. The summed E-state index contributed by atoms with van der Waals surface area (Å²) in [5, 5.41) is 3.37. The van der Waals surface area contributed by atoms with Crippen LogP contribution < -0.4 is 10.2 Å². The van der Waals surface area contributed by atoms with Crippen molar-refractivity contribution < 1.29 is 9.59 Å². The number of benzene rings is 2. The maximum atomic E-state index is 12.8. The van der Waals surface area contributed by atoms with Gasteiger partial charge in [0.05, 0.1) is 12.2 Å². The lowest BCUT2D eigenvalue weighted by Crippen LogP contribution is -2.36. The quantitative estimate of drug-likeness (QED) is 0.939. The first-order valence-electron chi connectivity index (χ1n) is 7.40. The van der Waals surface area contributed by atoms with E-state index in [4.69, 9.17) is 11.6 Å². The molecular formula is C18H17ClN2O2. The fraction of sp³-hybridized carbons (Fsp3) is 0.222. The van der Waals surface area contributed by atoms with Crippen LogP contribution in [0.3, 0.4) is 0 Å². The molecule has 4 nitrogen and oxygen atoms in total. The van der Waals surface area contributed by atoms with E-state index >= 15 is 0 Å². The van der Waals surface area contributed by atoms with Gasteiger partial charge in [0.1, 0.15) is 6.04 Å². The van der Waals surface area contributed by atoms with Gasteiger partial charge in [-0.15, -0.1) is 0 Å². The second-order valence-corrected chi connectivity index (χ2v) is 6.07. The molecule has 0 bridgehead atoms. The predicted octanol–water partition coefficient (Wildman–Crippen LogP) is 3.37. The van der Waals surface area contributed by atoms with Gasteiger partial charge in [-0.25, -0.2) is 0 Å². The molecule has 1 N–H and O–H groups in total. The van der Waals surface area contributed by atoms with E-state index in [0.29, 0.717) is 11.6 Å². The lowest BCUT2D eigenvalue weighted by atomic mass is 10.1. The molecule has 0 aliphatic carbocycles. The summed E-state index contributed by atoms with van der Waals surface area (Å²) in [6.45, 7) is 3.76. The largest absolute Gasteiger partial charge is 0.341 e. The molecule has 0 aromatic heterocycles. The molecule has 1 heterocycles. The first kappa shape index (κ1) is 15.6. The molecule has 0 radical (unpaired) electrons. The van der Waals surface area contributed by atoms with Crippen LogP contribution in [-0.4, -0.2) is 11.8 Å². The lowest BCUT2D eigenvalue weighted by Gasteiger charge is -2.20. The first-order valence-corrected chi connectivity index (χ1v) is 7.78. The van der Waals surface area contributed by atoms with Gasteiger partial charge in [-0.3, -0.25) is 9.59 Å². The summed E-state index contributed by atoms with van der Waals surface area (Å²) >= 11 is 6.23. The third-order valence-electron chi connectivity index (χ3n) is 4.00. The molecule has 2 amide bonds. The second kappa shape index (κ2) is 6.05. The highest BCUT2D eigenvalue weighted by Crippen LogP contribution is 2.39. The number of rotatable bonds is 3. The maximum Gasteiger partial charge on any atom is 0.254 e. The monoisotopic (exact) mass is 328 g/mol. The summed E-state index contributed by atoms with van der Waals surface area (Å²) in [6.07, 6.45) is 0. The minimum atomic E-state index is -0.634. The molecule has 2 aromatic rings. The summed E-state index contributed by atoms with van der Waals surface area (Å²) in [7, 11) is 0. The fourth-order valence-electron chi connectivity index (χ4n) is 2.98. The van der Waals surface area contributed by atoms with Gasteiger partial charge in [-0.2, -0.15) is 0 Å². The predicted molar refractivity (Wildman–Crippen MR) is 90.4 cm³/mol. The third kappa shape index (κ3) is 2.82. The van der Waals surface area contributed by atoms with Crippen LogP contribution in [0.1, 0.15) is 29.7 Å². The van der Waals surface area contributed by atoms with Crippen molar-refractivity contribution in [3.8, 4) is 0 Å². The second-order valence-electron chi connectivity index (χ2n) is 5.66. The Balaban J connectivity index is 2.03. The van der Waals surface area contributed by atoms with Gasteiger partial charge in [-0.05, 0) is 24.1 Å². The molecule has 1 aliphatic heterocycles. The van der Waals surface area contributed by atoms with Crippen LogP contribution in [0.5, 0.6) is 0 Å². The Labute approximate surface area is 140 Å². The number of carbonyl (C=O) groups excluding carboxylic acids is 2. The van der Waals surface area contributed by atoms with Gasteiger partial charge in [0, 0.05) is 17.5 Å². The van der Waals surface area contributed by atoms with Gasteiger partial charge in [0.15, 0.2) is 0 Å². The van der Waals surface area contributed by atoms with Crippen LogP contribution in [0.25, 0.3) is 0 Å². The lowest BCUT2D eigenvalue weighted by molar-refractivity contribution is -0.126. The molecular weight excluding hydrogens is 312 g/mol. The van der Waals surface area contributed by atoms with E-state index in [9.17, 15) is 9.59 Å². The number of fused-ring (bicyclic) bond motifs is 1. The van der Waals surface area contributed by atoms with E-state index in [2.05, 4.69) is 5.32 Å². The molecule has 0 unspecified atom stereocenters. The molecule has 3 rings (SSSR count). The first-order chi connectivity index (χ1) is 11.0. The summed E-state index contributed by atoms with van der Waals surface area (Å²) in [6, 6.07) is 12.6. The molecule has 0 saturated heterocycles. The normalized spacial score (nSPS) is 16.4. The molecule has 2 aromatic carbocycles. The van der Waals surface area contributed by atoms with Crippen LogP contribution in [0.4, 0.5) is 5.69 Å². The number of nitrogens with one attached hydrogen (secondary N) is 1. The molecule has 1 aliphatic rings. The van der Waals surface area contributed by atoms with Crippen molar-refractivity contribution >= 4 is 29.1 Å². The minimum absolute atomic E-state index is 0.135. The zero-order valence-electron chi connectivity index (χ0n) is 13.0. The Morgan fingerprint density at radius 3 is 2.65 bits per heavy atom. The number of halogens is 1. The third-order valence-corrected chi connectivity index (χ3v) is 4.37. The smallest absolute Gasteiger partial charge is 0.254 e. The average molecular weight is 329 g/mol. The van der Waals surface area contributed by atoms with Gasteiger partial charge in [0.2, 0.25) is 5.91 Å². The van der Waals surface area contributed by atoms with Crippen LogP contribution in [-0.2, 0) is 16.1 Å². The maximum absolute atomic E-state index is 12.8. The van der Waals surface area contributed by atoms with Crippen molar-refractivity contribution in [3.05, 3.63) is 64.2 Å². The van der Waals surface area contributed by atoms with E-state index in [-0.39, 0.29) is 11.8 Å². The Kier molecular flexibility index (Phi) is 4.09. The number of amides is 2. The van der Waals surface area contributed by atoms with Crippen molar-refractivity contribution in [2.45, 2.75) is 26.4 Å². The van der Waals surface area contributed by atoms with Crippen LogP contribution in [0.15, 0.2) is 42.5 Å². The van der Waals surface area contributed by atoms with Crippen molar-refractivity contribution in [3.63, 3.8) is 0 Å². The number of nitrogens with zero attached hydrogens (tertiary/aromatic N) is 1. The van der Waals surface area contributed by atoms with Crippen molar-refractivity contribution in [2.24, 2.45) is 0 Å². The summed E-state index contributed by atoms with van der Waals surface area (Å²) in [5.41, 5.74) is 3.56. The number of hydrogen-bond donors (Lipinski definition) is 1. The Bertz CT molecular complexity index is 788. The van der Waals surface area contributed by atoms with Crippen molar-refractivity contribution in [1.82, 2.24) is 5.32 Å². The molecule has 23 heavy (non-hydrogen) atoms. The highest BCUT2D eigenvalue weighted by atomic mass is 35.5. The number of aryl methyl sites for hydroxylation is 1. The number of para-hydroxylation sites is 1. The van der Waals surface area contributed by atoms with Crippen LogP contribution in [0.2, 0.25) is 5.02 Å². The van der Waals surface area contributed by atoms with Gasteiger partial charge in [0.25, 0.3) is 5.91 Å². The van der Waals surface area contributed by atoms with Crippen molar-refractivity contribution in [1.29, 1.82) is 0 Å². The summed E-state index contributed by atoms with van der Waals surface area (Å²) in [5.74, 6) is -0.361. The Morgan fingerprint density at radius 2 is 1.96 bits per heavy atom. The summed E-state index contributed by atoms with van der Waals surface area (Å²) in [4.78, 5) is 26.0. The number of hydrogen-bond acceptors (Lipinski definition) is 2. The molecule has 118 valence electrons.